The Hall–Kier alpha value is -1.79. The lowest BCUT2D eigenvalue weighted by atomic mass is 10.1. The number of carbonyl (C=O) groups is 1. The molecule has 0 aliphatic heterocycles. The lowest BCUT2D eigenvalue weighted by Crippen LogP contribution is -2.25. The summed E-state index contributed by atoms with van der Waals surface area (Å²) in [7, 11) is 2.04. The minimum Gasteiger partial charge on any atom is -0.345 e. The van der Waals surface area contributed by atoms with Crippen LogP contribution in [0.1, 0.15) is 25.8 Å². The van der Waals surface area contributed by atoms with Gasteiger partial charge in [-0.2, -0.15) is 0 Å². The van der Waals surface area contributed by atoms with Crippen molar-refractivity contribution in [3.05, 3.63) is 35.9 Å². The van der Waals surface area contributed by atoms with Crippen molar-refractivity contribution in [2.24, 2.45) is 5.92 Å². The highest BCUT2D eigenvalue weighted by Crippen LogP contribution is 2.01. The maximum atomic E-state index is 11.4. The van der Waals surface area contributed by atoms with Gasteiger partial charge in [0.05, 0.1) is 13.1 Å². The van der Waals surface area contributed by atoms with Crippen LogP contribution in [0.3, 0.4) is 0 Å². The van der Waals surface area contributed by atoms with E-state index in [2.05, 4.69) is 34.2 Å². The van der Waals surface area contributed by atoms with Crippen molar-refractivity contribution < 1.29 is 4.79 Å². The van der Waals surface area contributed by atoms with Gasteiger partial charge < -0.3 is 5.32 Å². The van der Waals surface area contributed by atoms with E-state index in [4.69, 9.17) is 0 Å². The van der Waals surface area contributed by atoms with Gasteiger partial charge in [0, 0.05) is 13.0 Å². The molecule has 0 saturated carbocycles. The lowest BCUT2D eigenvalue weighted by molar-refractivity contribution is -0.121. The van der Waals surface area contributed by atoms with Crippen LogP contribution in [0.25, 0.3) is 0 Å². The van der Waals surface area contributed by atoms with E-state index in [-0.39, 0.29) is 5.91 Å². The van der Waals surface area contributed by atoms with E-state index >= 15 is 0 Å². The van der Waals surface area contributed by atoms with Gasteiger partial charge in [-0.1, -0.05) is 56.0 Å². The van der Waals surface area contributed by atoms with E-state index in [1.807, 2.05) is 39.1 Å². The molecule has 0 fully saturated rings. The average molecular weight is 272 g/mol. The fourth-order valence-electron chi connectivity index (χ4n) is 1.79. The van der Waals surface area contributed by atoms with Gasteiger partial charge in [-0.3, -0.25) is 9.69 Å². The first kappa shape index (κ1) is 16.3. The summed E-state index contributed by atoms with van der Waals surface area (Å²) >= 11 is 0. The van der Waals surface area contributed by atoms with E-state index in [1.165, 1.54) is 5.56 Å². The number of amides is 1. The first-order chi connectivity index (χ1) is 9.58. The smallest absolute Gasteiger partial charge is 0.221 e. The van der Waals surface area contributed by atoms with Crippen molar-refractivity contribution in [2.75, 3.05) is 20.1 Å². The molecule has 0 atom stereocenters. The molecule has 0 spiro atoms. The van der Waals surface area contributed by atoms with Crippen LogP contribution in [-0.4, -0.2) is 30.9 Å². The lowest BCUT2D eigenvalue weighted by Gasteiger charge is -2.12. The zero-order valence-corrected chi connectivity index (χ0v) is 12.6. The molecule has 0 saturated heterocycles. The zero-order chi connectivity index (χ0) is 14.8. The summed E-state index contributed by atoms with van der Waals surface area (Å²) in [5.41, 5.74) is 1.28. The monoisotopic (exact) mass is 272 g/mol. The largest absolute Gasteiger partial charge is 0.345 e. The summed E-state index contributed by atoms with van der Waals surface area (Å²) in [6, 6.07) is 10.3. The molecule has 20 heavy (non-hydrogen) atoms. The first-order valence-electron chi connectivity index (χ1n) is 7.03. The van der Waals surface area contributed by atoms with Gasteiger partial charge in [0.1, 0.15) is 0 Å². The number of nitrogens with one attached hydrogen (secondary N) is 1. The molecule has 1 aromatic carbocycles. The average Bonchev–Trinajstić information content (AvgIpc) is 2.38. The highest BCUT2D eigenvalue weighted by atomic mass is 16.1. The predicted octanol–water partition coefficient (Wildman–Crippen LogP) is 2.28. The van der Waals surface area contributed by atoms with Crippen LogP contribution in [-0.2, 0) is 11.3 Å². The minimum absolute atomic E-state index is 0.0759. The Morgan fingerprint density at radius 2 is 1.95 bits per heavy atom. The highest BCUT2D eigenvalue weighted by Gasteiger charge is 2.02. The van der Waals surface area contributed by atoms with Crippen LogP contribution in [0.4, 0.5) is 0 Å². The van der Waals surface area contributed by atoms with Crippen molar-refractivity contribution >= 4 is 5.91 Å². The SMILES string of the molecule is CC(C)CC(=O)NCC#CCN(C)Cc1ccccc1. The summed E-state index contributed by atoms with van der Waals surface area (Å²) in [6.07, 6.45) is 0.565. The normalized spacial score (nSPS) is 10.2. The molecule has 1 aromatic rings. The first-order valence-corrected chi connectivity index (χ1v) is 7.03. The van der Waals surface area contributed by atoms with Gasteiger partial charge in [0.25, 0.3) is 0 Å². The van der Waals surface area contributed by atoms with Crippen LogP contribution < -0.4 is 5.32 Å². The van der Waals surface area contributed by atoms with Crippen LogP contribution in [0.5, 0.6) is 0 Å². The van der Waals surface area contributed by atoms with E-state index in [0.717, 1.165) is 6.54 Å². The number of hydrogen-bond donors (Lipinski definition) is 1. The Kier molecular flexibility index (Phi) is 7.46. The standard InChI is InChI=1S/C17H24N2O/c1-15(2)13-17(20)18-11-7-8-12-19(3)14-16-9-5-4-6-10-16/h4-6,9-10,15H,11-14H2,1-3H3,(H,18,20). The number of hydrogen-bond acceptors (Lipinski definition) is 2. The maximum absolute atomic E-state index is 11.4. The molecule has 1 rings (SSSR count). The quantitative estimate of drug-likeness (QED) is 0.806. The molecule has 0 unspecified atom stereocenters. The molecular weight excluding hydrogens is 248 g/mol. The van der Waals surface area contributed by atoms with Gasteiger partial charge in [-0.05, 0) is 18.5 Å². The van der Waals surface area contributed by atoms with Gasteiger partial charge in [-0.25, -0.2) is 0 Å². The Morgan fingerprint density at radius 1 is 1.25 bits per heavy atom. The van der Waals surface area contributed by atoms with Crippen LogP contribution in [0.15, 0.2) is 30.3 Å². The molecule has 3 heteroatoms. The number of carbonyl (C=O) groups excluding carboxylic acids is 1. The van der Waals surface area contributed by atoms with E-state index in [1.54, 1.807) is 0 Å². The topological polar surface area (TPSA) is 32.3 Å². The third-order valence-corrected chi connectivity index (χ3v) is 2.74. The molecule has 1 N–H and O–H groups in total. The van der Waals surface area contributed by atoms with Crippen LogP contribution >= 0.6 is 0 Å². The Morgan fingerprint density at radius 3 is 2.60 bits per heavy atom. The summed E-state index contributed by atoms with van der Waals surface area (Å²) in [6.45, 7) is 6.09. The van der Waals surface area contributed by atoms with Gasteiger partial charge >= 0.3 is 0 Å². The summed E-state index contributed by atoms with van der Waals surface area (Å²) in [5, 5.41) is 2.81. The summed E-state index contributed by atoms with van der Waals surface area (Å²) < 4.78 is 0. The second kappa shape index (κ2) is 9.17. The third kappa shape index (κ3) is 7.60. The number of rotatable bonds is 6. The summed E-state index contributed by atoms with van der Waals surface area (Å²) in [4.78, 5) is 13.6. The molecular formula is C17H24N2O. The Balaban J connectivity index is 2.20. The molecule has 1 amide bonds. The Labute approximate surface area is 122 Å². The molecule has 0 bridgehead atoms. The van der Waals surface area contributed by atoms with Crippen LogP contribution in [0.2, 0.25) is 0 Å². The maximum Gasteiger partial charge on any atom is 0.221 e. The van der Waals surface area contributed by atoms with Crippen molar-refractivity contribution in [3.63, 3.8) is 0 Å². The molecule has 108 valence electrons. The fourth-order valence-corrected chi connectivity index (χ4v) is 1.79. The summed E-state index contributed by atoms with van der Waals surface area (Å²) in [5.74, 6) is 6.52. The van der Waals surface area contributed by atoms with Crippen LogP contribution in [0, 0.1) is 17.8 Å². The molecule has 0 aliphatic rings. The van der Waals surface area contributed by atoms with Gasteiger partial charge in [0.2, 0.25) is 5.91 Å². The second-order valence-corrected chi connectivity index (χ2v) is 5.39. The van der Waals surface area contributed by atoms with Crippen molar-refractivity contribution in [1.82, 2.24) is 10.2 Å². The van der Waals surface area contributed by atoms with E-state index < -0.39 is 0 Å². The fraction of sp³-hybridized carbons (Fsp3) is 0.471. The van der Waals surface area contributed by atoms with Gasteiger partial charge in [0.15, 0.2) is 0 Å². The minimum atomic E-state index is 0.0759. The molecule has 0 heterocycles. The molecule has 0 aromatic heterocycles. The second-order valence-electron chi connectivity index (χ2n) is 5.39. The molecule has 0 aliphatic carbocycles. The van der Waals surface area contributed by atoms with E-state index in [0.29, 0.717) is 25.4 Å². The van der Waals surface area contributed by atoms with Crippen molar-refractivity contribution in [1.29, 1.82) is 0 Å². The number of benzene rings is 1. The number of nitrogens with zero attached hydrogens (tertiary/aromatic N) is 1. The van der Waals surface area contributed by atoms with Gasteiger partial charge in [-0.15, -0.1) is 0 Å². The molecule has 3 nitrogen and oxygen atoms in total. The van der Waals surface area contributed by atoms with Crippen molar-refractivity contribution in [3.8, 4) is 11.8 Å². The third-order valence-electron chi connectivity index (χ3n) is 2.74. The molecule has 0 radical (unpaired) electrons. The highest BCUT2D eigenvalue weighted by molar-refractivity contribution is 5.76. The van der Waals surface area contributed by atoms with E-state index in [9.17, 15) is 4.79 Å². The van der Waals surface area contributed by atoms with Crippen molar-refractivity contribution in [2.45, 2.75) is 26.8 Å². The predicted molar refractivity (Wildman–Crippen MR) is 83.0 cm³/mol. The zero-order valence-electron chi connectivity index (χ0n) is 12.6. The Bertz CT molecular complexity index is 457.